The Balaban J connectivity index is 1.03. The highest BCUT2D eigenvalue weighted by Gasteiger charge is 2.14. The molecular formula is C36H37N3O6. The van der Waals surface area contributed by atoms with Crippen molar-refractivity contribution in [2.24, 2.45) is 0 Å². The van der Waals surface area contributed by atoms with Crippen LogP contribution in [0.5, 0.6) is 11.5 Å². The molecule has 0 aliphatic heterocycles. The van der Waals surface area contributed by atoms with Crippen LogP contribution in [0.4, 0.5) is 10.5 Å². The van der Waals surface area contributed by atoms with Gasteiger partial charge in [-0.25, -0.2) is 4.79 Å². The molecule has 0 aliphatic carbocycles. The fourth-order valence-electron chi connectivity index (χ4n) is 5.35. The van der Waals surface area contributed by atoms with Crippen LogP contribution < -0.4 is 20.9 Å². The molecule has 45 heavy (non-hydrogen) atoms. The number of carboxylic acid groups (broad SMARTS) is 1. The largest absolute Gasteiger partial charge is 0.506 e. The number of benzene rings is 4. The molecule has 4 aromatic carbocycles. The summed E-state index contributed by atoms with van der Waals surface area (Å²) in [6.07, 6.45) is 1.81. The van der Waals surface area contributed by atoms with Gasteiger partial charge in [0, 0.05) is 30.1 Å². The highest BCUT2D eigenvalue weighted by Crippen LogP contribution is 2.30. The highest BCUT2D eigenvalue weighted by molar-refractivity contribution is 5.91. The number of phenolic OH excluding ortho intramolecular Hbond substituents is 1. The minimum Gasteiger partial charge on any atom is -0.506 e. The first-order valence-electron chi connectivity index (χ1n) is 15.0. The van der Waals surface area contributed by atoms with Gasteiger partial charge in [-0.2, -0.15) is 0 Å². The summed E-state index contributed by atoms with van der Waals surface area (Å²) in [6, 6.07) is 29.6. The lowest BCUT2D eigenvalue weighted by Crippen LogP contribution is -2.21. The number of anilines is 1. The average molecular weight is 608 g/mol. The highest BCUT2D eigenvalue weighted by atomic mass is 16.5. The minimum absolute atomic E-state index is 0.0373. The van der Waals surface area contributed by atoms with Crippen LogP contribution >= 0.6 is 0 Å². The van der Waals surface area contributed by atoms with E-state index in [4.69, 9.17) is 4.74 Å². The molecule has 0 fully saturated rings. The smallest absolute Gasteiger partial charge is 0.409 e. The van der Waals surface area contributed by atoms with Crippen molar-refractivity contribution in [2.75, 3.05) is 18.5 Å². The maximum Gasteiger partial charge on any atom is 0.409 e. The van der Waals surface area contributed by atoms with E-state index in [-0.39, 0.29) is 11.3 Å². The monoisotopic (exact) mass is 607 g/mol. The molecular weight excluding hydrogens is 570 g/mol. The summed E-state index contributed by atoms with van der Waals surface area (Å²) < 4.78 is 5.92. The van der Waals surface area contributed by atoms with Gasteiger partial charge in [0.05, 0.1) is 23.9 Å². The lowest BCUT2D eigenvalue weighted by molar-refractivity contribution is 0.176. The fourth-order valence-corrected chi connectivity index (χ4v) is 5.35. The number of H-pyrrole nitrogens is 1. The molecule has 0 aliphatic rings. The van der Waals surface area contributed by atoms with Crippen LogP contribution in [0.2, 0.25) is 0 Å². The number of aromatic hydroxyl groups is 1. The Kier molecular flexibility index (Phi) is 10.5. The van der Waals surface area contributed by atoms with Crippen LogP contribution in [0.25, 0.3) is 22.0 Å². The van der Waals surface area contributed by atoms with Crippen molar-refractivity contribution in [2.45, 2.75) is 38.3 Å². The second-order valence-corrected chi connectivity index (χ2v) is 10.9. The number of phenols is 1. The normalized spacial score (nSPS) is 11.8. The number of carbonyl (C=O) groups is 1. The molecule has 9 heteroatoms. The molecule has 1 amide bonds. The zero-order chi connectivity index (χ0) is 31.6. The maximum atomic E-state index is 11.6. The summed E-state index contributed by atoms with van der Waals surface area (Å²) in [6.45, 7) is 1.46. The molecule has 5 aromatic rings. The van der Waals surface area contributed by atoms with Crippen molar-refractivity contribution >= 4 is 22.7 Å². The van der Waals surface area contributed by atoms with Gasteiger partial charge in [-0.1, -0.05) is 60.7 Å². The SMILES string of the molecule is O=C(O)Nc1cc(CCCCCOc2ccc(CNCC(O)c3ccc(O)c4[nH]c(=O)ccc34)cc2)ccc1-c1ccccc1. The zero-order valence-corrected chi connectivity index (χ0v) is 24.8. The van der Waals surface area contributed by atoms with E-state index in [0.29, 0.717) is 41.9 Å². The van der Waals surface area contributed by atoms with Gasteiger partial charge in [0.25, 0.3) is 0 Å². The van der Waals surface area contributed by atoms with Gasteiger partial charge in [0.1, 0.15) is 11.5 Å². The zero-order valence-electron chi connectivity index (χ0n) is 24.8. The fraction of sp³-hybridized carbons (Fsp3) is 0.222. The van der Waals surface area contributed by atoms with E-state index in [1.165, 1.54) is 12.1 Å². The number of rotatable bonds is 14. The summed E-state index contributed by atoms with van der Waals surface area (Å²) in [5, 5.41) is 36.5. The lowest BCUT2D eigenvalue weighted by Gasteiger charge is -2.15. The standard InChI is InChI=1S/C36H37N3O6/c40-32-18-16-29(30-17-19-34(42)39-35(30)32)33(41)23-37-22-25-10-13-27(14-11-25)45-20-6-2-3-7-24-12-15-28(26-8-4-1-5-9-26)31(21-24)38-36(43)44/h1,4-5,8-19,21,33,37-38,40-41H,2-3,6-7,20,22-23H2,(H,39,42)(H,43,44). The molecule has 1 unspecified atom stereocenters. The van der Waals surface area contributed by atoms with Gasteiger partial charge in [0.2, 0.25) is 5.56 Å². The molecule has 0 radical (unpaired) electrons. The van der Waals surface area contributed by atoms with Gasteiger partial charge in [-0.3, -0.25) is 10.1 Å². The topological polar surface area (TPSA) is 144 Å². The van der Waals surface area contributed by atoms with Crippen molar-refractivity contribution in [3.05, 3.63) is 124 Å². The number of pyridine rings is 1. The van der Waals surface area contributed by atoms with Crippen molar-refractivity contribution in [1.29, 1.82) is 0 Å². The van der Waals surface area contributed by atoms with Crippen molar-refractivity contribution < 1.29 is 24.9 Å². The second kappa shape index (κ2) is 15.1. The Morgan fingerprint density at radius 2 is 1.64 bits per heavy atom. The number of aromatic nitrogens is 1. The van der Waals surface area contributed by atoms with Gasteiger partial charge >= 0.3 is 6.09 Å². The number of hydrogen-bond donors (Lipinski definition) is 6. The predicted molar refractivity (Wildman–Crippen MR) is 176 cm³/mol. The molecule has 1 heterocycles. The number of hydrogen-bond acceptors (Lipinski definition) is 6. The lowest BCUT2D eigenvalue weighted by atomic mass is 9.99. The Bertz CT molecular complexity index is 1790. The molecule has 1 aromatic heterocycles. The molecule has 0 bridgehead atoms. The molecule has 6 N–H and O–H groups in total. The van der Waals surface area contributed by atoms with Gasteiger partial charge < -0.3 is 30.4 Å². The Morgan fingerprint density at radius 3 is 2.42 bits per heavy atom. The second-order valence-electron chi connectivity index (χ2n) is 10.9. The summed E-state index contributed by atoms with van der Waals surface area (Å²) >= 11 is 0. The third-order valence-electron chi connectivity index (χ3n) is 7.64. The molecule has 232 valence electrons. The van der Waals surface area contributed by atoms with Crippen molar-refractivity contribution in [1.82, 2.24) is 10.3 Å². The Labute approximate surface area is 261 Å². The summed E-state index contributed by atoms with van der Waals surface area (Å²) in [5.74, 6) is 0.758. The molecule has 0 spiro atoms. The number of nitrogens with one attached hydrogen (secondary N) is 3. The first-order chi connectivity index (χ1) is 21.9. The number of aliphatic hydroxyl groups excluding tert-OH is 1. The van der Waals surface area contributed by atoms with Crippen LogP contribution in [0.15, 0.2) is 102 Å². The van der Waals surface area contributed by atoms with Crippen molar-refractivity contribution in [3.8, 4) is 22.6 Å². The van der Waals surface area contributed by atoms with E-state index < -0.39 is 12.2 Å². The van der Waals surface area contributed by atoms with E-state index in [0.717, 1.165) is 53.7 Å². The number of ether oxygens (including phenoxy) is 1. The number of amides is 1. The van der Waals surface area contributed by atoms with Crippen LogP contribution in [-0.2, 0) is 13.0 Å². The summed E-state index contributed by atoms with van der Waals surface area (Å²) in [4.78, 5) is 25.6. The van der Waals surface area contributed by atoms with Crippen LogP contribution in [0.3, 0.4) is 0 Å². The summed E-state index contributed by atoms with van der Waals surface area (Å²) in [7, 11) is 0. The molecule has 0 saturated carbocycles. The van der Waals surface area contributed by atoms with Crippen LogP contribution in [-0.4, -0.2) is 39.5 Å². The van der Waals surface area contributed by atoms with E-state index >= 15 is 0 Å². The molecule has 1 atom stereocenters. The van der Waals surface area contributed by atoms with Crippen LogP contribution in [0.1, 0.15) is 42.1 Å². The average Bonchev–Trinajstić information content (AvgIpc) is 3.04. The van der Waals surface area contributed by atoms with Gasteiger partial charge in [-0.15, -0.1) is 0 Å². The van der Waals surface area contributed by atoms with E-state index in [2.05, 4.69) is 21.7 Å². The molecule has 0 saturated heterocycles. The number of aliphatic hydroxyl groups is 1. The van der Waals surface area contributed by atoms with E-state index in [1.54, 1.807) is 12.1 Å². The third kappa shape index (κ3) is 8.50. The maximum absolute atomic E-state index is 11.6. The van der Waals surface area contributed by atoms with Crippen LogP contribution in [0, 0.1) is 0 Å². The van der Waals surface area contributed by atoms with Gasteiger partial charge in [0.15, 0.2) is 0 Å². The first kappa shape index (κ1) is 31.3. The number of aromatic amines is 1. The molecule has 5 rings (SSSR count). The molecule has 9 nitrogen and oxygen atoms in total. The van der Waals surface area contributed by atoms with Gasteiger partial charge in [-0.05, 0) is 78.3 Å². The first-order valence-corrected chi connectivity index (χ1v) is 15.0. The van der Waals surface area contributed by atoms with Crippen molar-refractivity contribution in [3.63, 3.8) is 0 Å². The quantitative estimate of drug-likeness (QED) is 0.0780. The number of fused-ring (bicyclic) bond motifs is 1. The summed E-state index contributed by atoms with van der Waals surface area (Å²) in [5.41, 5.74) is 5.17. The number of aryl methyl sites for hydroxylation is 1. The van der Waals surface area contributed by atoms with E-state index in [9.17, 15) is 24.9 Å². The Morgan fingerprint density at radius 1 is 0.867 bits per heavy atom. The predicted octanol–water partition coefficient (Wildman–Crippen LogP) is 6.61. The Hall–Kier alpha value is -5.12. The van der Waals surface area contributed by atoms with E-state index in [1.807, 2.05) is 66.7 Å². The third-order valence-corrected chi connectivity index (χ3v) is 7.64. The minimum atomic E-state index is -1.08. The number of unbranched alkanes of at least 4 members (excludes halogenated alkanes) is 2.